The van der Waals surface area contributed by atoms with Crippen molar-refractivity contribution < 1.29 is 24.4 Å². The number of nitrogens with zero attached hydrogens (tertiary/aromatic N) is 1. The molecule has 0 atom stereocenters. The van der Waals surface area contributed by atoms with Gasteiger partial charge in [-0.25, -0.2) is 4.79 Å². The molecule has 0 aromatic heterocycles. The highest BCUT2D eigenvalue weighted by Crippen LogP contribution is 2.26. The van der Waals surface area contributed by atoms with Crippen LogP contribution in [0, 0.1) is 24.0 Å². The van der Waals surface area contributed by atoms with E-state index in [1.54, 1.807) is 19.9 Å². The van der Waals surface area contributed by atoms with Crippen molar-refractivity contribution >= 4 is 23.3 Å². The van der Waals surface area contributed by atoms with E-state index in [0.717, 1.165) is 18.2 Å². The Morgan fingerprint density at radius 3 is 2.36 bits per heavy atom. The standard InChI is InChI=1S/C17H16N2O6/c1-9-6-10(2)14(8-13(9)17(22)25-3)18-16(21)12-5-4-11(19(23)24)7-15(12)20/h4-8,20H,1-3H3,(H,18,21). The normalized spacial score (nSPS) is 10.2. The highest BCUT2D eigenvalue weighted by Gasteiger charge is 2.18. The number of benzene rings is 2. The van der Waals surface area contributed by atoms with Crippen molar-refractivity contribution in [3.05, 3.63) is 62.7 Å². The van der Waals surface area contributed by atoms with E-state index in [1.807, 2.05) is 0 Å². The van der Waals surface area contributed by atoms with E-state index in [9.17, 15) is 24.8 Å². The largest absolute Gasteiger partial charge is 0.507 e. The Balaban J connectivity index is 2.35. The zero-order chi connectivity index (χ0) is 18.7. The summed E-state index contributed by atoms with van der Waals surface area (Å²) in [5.41, 5.74) is 1.63. The van der Waals surface area contributed by atoms with Crippen molar-refractivity contribution in [2.24, 2.45) is 0 Å². The third kappa shape index (κ3) is 3.74. The Morgan fingerprint density at radius 2 is 1.80 bits per heavy atom. The van der Waals surface area contributed by atoms with Gasteiger partial charge in [-0.3, -0.25) is 14.9 Å². The van der Waals surface area contributed by atoms with Crippen molar-refractivity contribution in [1.82, 2.24) is 0 Å². The van der Waals surface area contributed by atoms with Gasteiger partial charge in [0.15, 0.2) is 0 Å². The summed E-state index contributed by atoms with van der Waals surface area (Å²) in [5, 5.41) is 23.1. The first kappa shape index (κ1) is 17.9. The predicted molar refractivity (Wildman–Crippen MR) is 90.0 cm³/mol. The fourth-order valence-electron chi connectivity index (χ4n) is 2.33. The number of methoxy groups -OCH3 is 1. The maximum absolute atomic E-state index is 12.3. The Labute approximate surface area is 143 Å². The SMILES string of the molecule is COC(=O)c1cc(NC(=O)c2ccc([N+](=O)[O-])cc2O)c(C)cc1C. The molecule has 8 heteroatoms. The minimum atomic E-state index is -0.672. The Kier molecular flexibility index (Phi) is 5.02. The van der Waals surface area contributed by atoms with Crippen molar-refractivity contribution in [1.29, 1.82) is 0 Å². The van der Waals surface area contributed by atoms with Crippen LogP contribution in [-0.2, 0) is 4.74 Å². The summed E-state index contributed by atoms with van der Waals surface area (Å²) in [6.45, 7) is 3.49. The van der Waals surface area contributed by atoms with Gasteiger partial charge in [0.05, 0.1) is 29.2 Å². The number of aryl methyl sites for hydroxylation is 2. The molecule has 0 unspecified atom stereocenters. The van der Waals surface area contributed by atoms with Crippen molar-refractivity contribution in [2.75, 3.05) is 12.4 Å². The van der Waals surface area contributed by atoms with Gasteiger partial charge in [0.25, 0.3) is 11.6 Å². The second kappa shape index (κ2) is 7.00. The van der Waals surface area contributed by atoms with Gasteiger partial charge in [0.2, 0.25) is 0 Å². The van der Waals surface area contributed by atoms with Crippen LogP contribution in [0.1, 0.15) is 31.8 Å². The van der Waals surface area contributed by atoms with Crippen LogP contribution in [0.4, 0.5) is 11.4 Å². The average Bonchev–Trinajstić information content (AvgIpc) is 2.56. The molecule has 0 saturated heterocycles. The lowest BCUT2D eigenvalue weighted by Gasteiger charge is -2.13. The first-order valence-corrected chi connectivity index (χ1v) is 7.23. The zero-order valence-electron chi connectivity index (χ0n) is 13.8. The molecule has 0 aliphatic heterocycles. The van der Waals surface area contributed by atoms with E-state index in [-0.39, 0.29) is 11.3 Å². The number of nitrogens with one attached hydrogen (secondary N) is 1. The smallest absolute Gasteiger partial charge is 0.338 e. The number of nitro benzene ring substituents is 1. The van der Waals surface area contributed by atoms with Crippen LogP contribution in [0.3, 0.4) is 0 Å². The van der Waals surface area contributed by atoms with Gasteiger partial charge >= 0.3 is 5.97 Å². The van der Waals surface area contributed by atoms with E-state index < -0.39 is 22.5 Å². The fourth-order valence-corrected chi connectivity index (χ4v) is 2.33. The van der Waals surface area contributed by atoms with Crippen molar-refractivity contribution in [3.8, 4) is 5.75 Å². The zero-order valence-corrected chi connectivity index (χ0v) is 13.8. The van der Waals surface area contributed by atoms with Gasteiger partial charge in [-0.05, 0) is 37.1 Å². The number of carbonyl (C=O) groups excluding carboxylic acids is 2. The summed E-state index contributed by atoms with van der Waals surface area (Å²) in [6.07, 6.45) is 0. The lowest BCUT2D eigenvalue weighted by atomic mass is 10.0. The van der Waals surface area contributed by atoms with E-state index in [4.69, 9.17) is 4.74 Å². The molecule has 0 bridgehead atoms. The van der Waals surface area contributed by atoms with Crippen molar-refractivity contribution in [2.45, 2.75) is 13.8 Å². The quantitative estimate of drug-likeness (QED) is 0.500. The maximum Gasteiger partial charge on any atom is 0.338 e. The molecule has 0 saturated carbocycles. The number of carbonyl (C=O) groups is 2. The van der Waals surface area contributed by atoms with Crippen LogP contribution in [0.15, 0.2) is 30.3 Å². The summed E-state index contributed by atoms with van der Waals surface area (Å²) in [4.78, 5) is 34.1. The van der Waals surface area contributed by atoms with E-state index in [0.29, 0.717) is 22.4 Å². The van der Waals surface area contributed by atoms with Gasteiger partial charge in [0, 0.05) is 11.8 Å². The summed E-state index contributed by atoms with van der Waals surface area (Å²) >= 11 is 0. The number of rotatable bonds is 4. The van der Waals surface area contributed by atoms with Gasteiger partial charge in [-0.1, -0.05) is 6.07 Å². The first-order valence-electron chi connectivity index (χ1n) is 7.23. The summed E-state index contributed by atoms with van der Waals surface area (Å²) in [6, 6.07) is 6.38. The highest BCUT2D eigenvalue weighted by molar-refractivity contribution is 6.07. The number of ether oxygens (including phenoxy) is 1. The van der Waals surface area contributed by atoms with Gasteiger partial charge in [-0.2, -0.15) is 0 Å². The molecule has 0 aliphatic carbocycles. The molecule has 0 spiro atoms. The number of phenols is 1. The molecule has 2 aromatic rings. The van der Waals surface area contributed by atoms with Gasteiger partial charge in [0.1, 0.15) is 5.75 Å². The molecular weight excluding hydrogens is 328 g/mol. The molecule has 0 fully saturated rings. The van der Waals surface area contributed by atoms with Gasteiger partial charge in [-0.15, -0.1) is 0 Å². The van der Waals surface area contributed by atoms with Crippen LogP contribution >= 0.6 is 0 Å². The predicted octanol–water partition coefficient (Wildman–Crippen LogP) is 2.96. The molecule has 0 radical (unpaired) electrons. The van der Waals surface area contributed by atoms with Crippen LogP contribution in [-0.4, -0.2) is 29.0 Å². The Hall–Kier alpha value is -3.42. The number of hydrogen-bond donors (Lipinski definition) is 2. The fraction of sp³-hybridized carbons (Fsp3) is 0.176. The number of aromatic hydroxyl groups is 1. The summed E-state index contributed by atoms with van der Waals surface area (Å²) < 4.78 is 4.70. The lowest BCUT2D eigenvalue weighted by Crippen LogP contribution is -2.14. The molecule has 0 heterocycles. The van der Waals surface area contributed by atoms with E-state index >= 15 is 0 Å². The third-order valence-corrected chi connectivity index (χ3v) is 3.66. The lowest BCUT2D eigenvalue weighted by molar-refractivity contribution is -0.384. The maximum atomic E-state index is 12.3. The third-order valence-electron chi connectivity index (χ3n) is 3.66. The van der Waals surface area contributed by atoms with Crippen LogP contribution in [0.5, 0.6) is 5.75 Å². The molecule has 2 rings (SSSR count). The van der Waals surface area contributed by atoms with E-state index in [1.165, 1.54) is 13.2 Å². The number of anilines is 1. The van der Waals surface area contributed by atoms with Crippen molar-refractivity contribution in [3.63, 3.8) is 0 Å². The van der Waals surface area contributed by atoms with Crippen LogP contribution in [0.2, 0.25) is 0 Å². The molecule has 8 nitrogen and oxygen atoms in total. The topological polar surface area (TPSA) is 119 Å². The number of esters is 1. The molecule has 2 N–H and O–H groups in total. The minimum absolute atomic E-state index is 0.120. The second-order valence-corrected chi connectivity index (χ2v) is 5.39. The first-order chi connectivity index (χ1) is 11.7. The molecule has 1 amide bonds. The molecule has 25 heavy (non-hydrogen) atoms. The second-order valence-electron chi connectivity index (χ2n) is 5.39. The molecule has 130 valence electrons. The average molecular weight is 344 g/mol. The van der Waals surface area contributed by atoms with Gasteiger partial charge < -0.3 is 15.2 Å². The number of nitro groups is 1. The molecule has 2 aromatic carbocycles. The number of amides is 1. The van der Waals surface area contributed by atoms with E-state index in [2.05, 4.69) is 5.32 Å². The van der Waals surface area contributed by atoms with Crippen LogP contribution < -0.4 is 5.32 Å². The Bertz CT molecular complexity index is 876. The number of phenolic OH excluding ortho intramolecular Hbond substituents is 1. The molecule has 0 aliphatic rings. The number of hydrogen-bond acceptors (Lipinski definition) is 6. The monoisotopic (exact) mass is 344 g/mol. The highest BCUT2D eigenvalue weighted by atomic mass is 16.6. The van der Waals surface area contributed by atoms with Crippen LogP contribution in [0.25, 0.3) is 0 Å². The Morgan fingerprint density at radius 1 is 1.12 bits per heavy atom. The summed E-state index contributed by atoms with van der Waals surface area (Å²) in [7, 11) is 1.26. The minimum Gasteiger partial charge on any atom is -0.507 e. The summed E-state index contributed by atoms with van der Waals surface area (Å²) in [5.74, 6) is -1.70. The number of non-ortho nitro benzene ring substituents is 1. The molecular formula is C17H16N2O6.